The highest BCUT2D eigenvalue weighted by Crippen LogP contribution is 2.17. The molecule has 0 aromatic heterocycles. The Morgan fingerprint density at radius 2 is 2.24 bits per heavy atom. The molecule has 2 atom stereocenters. The maximum absolute atomic E-state index is 13.8. The normalized spacial score (nSPS) is 21.4. The van der Waals surface area contributed by atoms with Crippen molar-refractivity contribution in [3.8, 4) is 0 Å². The average Bonchev–Trinajstić information content (AvgIpc) is 2.49. The summed E-state index contributed by atoms with van der Waals surface area (Å²) in [5.41, 5.74) is 0.394. The lowest BCUT2D eigenvalue weighted by molar-refractivity contribution is -0.0451. The van der Waals surface area contributed by atoms with Crippen molar-refractivity contribution in [1.29, 1.82) is 0 Å². The van der Waals surface area contributed by atoms with Gasteiger partial charge in [-0.25, -0.2) is 8.78 Å². The number of rotatable bonds is 6. The van der Waals surface area contributed by atoms with Gasteiger partial charge in [-0.2, -0.15) is 0 Å². The summed E-state index contributed by atoms with van der Waals surface area (Å²) in [5, 5.41) is 3.19. The first-order valence-electron chi connectivity index (χ1n) is 7.59. The Kier molecular flexibility index (Phi) is 6.08. The first-order valence-corrected chi connectivity index (χ1v) is 7.59. The van der Waals surface area contributed by atoms with Crippen LogP contribution >= 0.6 is 0 Å². The zero-order chi connectivity index (χ0) is 15.2. The molecule has 1 N–H and O–H groups in total. The minimum absolute atomic E-state index is 0.00188. The summed E-state index contributed by atoms with van der Waals surface area (Å²) in [6.07, 6.45) is 1.53. The second-order valence-corrected chi connectivity index (χ2v) is 5.54. The first-order chi connectivity index (χ1) is 10.1. The minimum Gasteiger partial charge on any atom is -0.374 e. The van der Waals surface area contributed by atoms with Gasteiger partial charge in [0.25, 0.3) is 0 Å². The van der Waals surface area contributed by atoms with Gasteiger partial charge in [0.05, 0.1) is 12.7 Å². The van der Waals surface area contributed by atoms with Gasteiger partial charge in [0, 0.05) is 19.1 Å². The highest BCUT2D eigenvalue weighted by Gasteiger charge is 2.27. The molecule has 0 amide bonds. The fourth-order valence-corrected chi connectivity index (χ4v) is 2.85. The van der Waals surface area contributed by atoms with Crippen LogP contribution in [0.15, 0.2) is 18.2 Å². The summed E-state index contributed by atoms with van der Waals surface area (Å²) in [6, 6.07) is 3.57. The quantitative estimate of drug-likeness (QED) is 0.871. The molecule has 0 aliphatic carbocycles. The van der Waals surface area contributed by atoms with Gasteiger partial charge < -0.3 is 10.1 Å². The number of morpholine rings is 1. The molecule has 5 heteroatoms. The van der Waals surface area contributed by atoms with E-state index in [2.05, 4.69) is 17.1 Å². The Labute approximate surface area is 125 Å². The second kappa shape index (κ2) is 7.82. The molecule has 0 radical (unpaired) electrons. The summed E-state index contributed by atoms with van der Waals surface area (Å²) in [7, 11) is 1.84. The molecule has 2 rings (SSSR count). The maximum atomic E-state index is 13.8. The molecular weight excluding hydrogens is 274 g/mol. The van der Waals surface area contributed by atoms with Crippen LogP contribution in [0.4, 0.5) is 8.78 Å². The van der Waals surface area contributed by atoms with Gasteiger partial charge in [-0.05, 0) is 50.2 Å². The molecule has 1 heterocycles. The van der Waals surface area contributed by atoms with Crippen LogP contribution in [0.3, 0.4) is 0 Å². The van der Waals surface area contributed by atoms with Gasteiger partial charge >= 0.3 is 0 Å². The van der Waals surface area contributed by atoms with Crippen LogP contribution in [0.5, 0.6) is 0 Å². The lowest BCUT2D eigenvalue weighted by Crippen LogP contribution is -2.52. The van der Waals surface area contributed by atoms with Gasteiger partial charge in [-0.1, -0.05) is 6.92 Å². The molecule has 1 aliphatic heterocycles. The molecule has 0 spiro atoms. The Morgan fingerprint density at radius 1 is 1.43 bits per heavy atom. The van der Waals surface area contributed by atoms with E-state index in [-0.39, 0.29) is 18.0 Å². The highest BCUT2D eigenvalue weighted by molar-refractivity contribution is 5.20. The number of ether oxygens (including phenoxy) is 1. The van der Waals surface area contributed by atoms with Crippen LogP contribution in [-0.2, 0) is 11.2 Å². The predicted octanol–water partition coefficient (Wildman–Crippen LogP) is 2.21. The van der Waals surface area contributed by atoms with Crippen LogP contribution in [0.25, 0.3) is 0 Å². The largest absolute Gasteiger partial charge is 0.374 e. The molecule has 1 aliphatic rings. The SMILES string of the molecule is CCCN1CCOC(C(Cc2cc(F)ccc2F)NC)C1. The van der Waals surface area contributed by atoms with Gasteiger partial charge in [0.1, 0.15) is 11.6 Å². The van der Waals surface area contributed by atoms with E-state index in [1.54, 1.807) is 0 Å². The maximum Gasteiger partial charge on any atom is 0.126 e. The number of likely N-dealkylation sites (N-methyl/N-ethyl adjacent to an activating group) is 1. The highest BCUT2D eigenvalue weighted by atomic mass is 19.1. The monoisotopic (exact) mass is 298 g/mol. The molecule has 1 fully saturated rings. The molecule has 3 nitrogen and oxygen atoms in total. The molecule has 118 valence electrons. The van der Waals surface area contributed by atoms with E-state index in [9.17, 15) is 8.78 Å². The van der Waals surface area contributed by atoms with Gasteiger partial charge in [0.2, 0.25) is 0 Å². The van der Waals surface area contributed by atoms with Crippen LogP contribution in [0, 0.1) is 11.6 Å². The number of hydrogen-bond donors (Lipinski definition) is 1. The van der Waals surface area contributed by atoms with Crippen molar-refractivity contribution >= 4 is 0 Å². The van der Waals surface area contributed by atoms with E-state index in [0.717, 1.165) is 32.1 Å². The van der Waals surface area contributed by atoms with Crippen LogP contribution in [0.1, 0.15) is 18.9 Å². The van der Waals surface area contributed by atoms with E-state index in [0.29, 0.717) is 18.6 Å². The minimum atomic E-state index is -0.404. The van der Waals surface area contributed by atoms with E-state index >= 15 is 0 Å². The van der Waals surface area contributed by atoms with E-state index in [1.165, 1.54) is 12.1 Å². The number of nitrogens with one attached hydrogen (secondary N) is 1. The molecule has 1 aromatic rings. The molecule has 2 unspecified atom stereocenters. The van der Waals surface area contributed by atoms with E-state index in [4.69, 9.17) is 4.74 Å². The summed E-state index contributed by atoms with van der Waals surface area (Å²) in [5.74, 6) is -0.767. The molecule has 21 heavy (non-hydrogen) atoms. The van der Waals surface area contributed by atoms with Crippen LogP contribution in [-0.4, -0.2) is 50.3 Å². The smallest absolute Gasteiger partial charge is 0.126 e. The van der Waals surface area contributed by atoms with E-state index < -0.39 is 5.82 Å². The Hall–Kier alpha value is -1.04. The summed E-state index contributed by atoms with van der Waals surface area (Å²) in [6.45, 7) is 5.66. The first kappa shape index (κ1) is 16.3. The van der Waals surface area contributed by atoms with Crippen LogP contribution in [0.2, 0.25) is 0 Å². The van der Waals surface area contributed by atoms with Gasteiger partial charge in [-0.15, -0.1) is 0 Å². The lowest BCUT2D eigenvalue weighted by Gasteiger charge is -2.37. The molecule has 1 aromatic carbocycles. The fraction of sp³-hybridized carbons (Fsp3) is 0.625. The summed E-state index contributed by atoms with van der Waals surface area (Å²) >= 11 is 0. The fourth-order valence-electron chi connectivity index (χ4n) is 2.85. The van der Waals surface area contributed by atoms with Crippen molar-refractivity contribution < 1.29 is 13.5 Å². The third-order valence-electron chi connectivity index (χ3n) is 3.98. The topological polar surface area (TPSA) is 24.5 Å². The van der Waals surface area contributed by atoms with Crippen molar-refractivity contribution in [2.45, 2.75) is 31.9 Å². The van der Waals surface area contributed by atoms with Crippen molar-refractivity contribution in [2.24, 2.45) is 0 Å². The molecule has 1 saturated heterocycles. The summed E-state index contributed by atoms with van der Waals surface area (Å²) < 4.78 is 32.9. The number of benzene rings is 1. The second-order valence-electron chi connectivity index (χ2n) is 5.54. The molecular formula is C16H24F2N2O. The van der Waals surface area contributed by atoms with Crippen molar-refractivity contribution in [2.75, 3.05) is 33.3 Å². The van der Waals surface area contributed by atoms with Gasteiger partial charge in [-0.3, -0.25) is 4.90 Å². The zero-order valence-corrected chi connectivity index (χ0v) is 12.7. The average molecular weight is 298 g/mol. The Bertz CT molecular complexity index is 454. The Morgan fingerprint density at radius 3 is 2.95 bits per heavy atom. The van der Waals surface area contributed by atoms with E-state index in [1.807, 2.05) is 7.05 Å². The number of nitrogens with zero attached hydrogens (tertiary/aromatic N) is 1. The Balaban J connectivity index is 2.03. The zero-order valence-electron chi connectivity index (χ0n) is 12.7. The van der Waals surface area contributed by atoms with Gasteiger partial charge in [0.15, 0.2) is 0 Å². The number of halogens is 2. The van der Waals surface area contributed by atoms with Crippen molar-refractivity contribution in [1.82, 2.24) is 10.2 Å². The third kappa shape index (κ3) is 4.46. The predicted molar refractivity (Wildman–Crippen MR) is 79.4 cm³/mol. The molecule has 0 saturated carbocycles. The number of hydrogen-bond acceptors (Lipinski definition) is 3. The lowest BCUT2D eigenvalue weighted by atomic mass is 9.99. The molecule has 0 bridgehead atoms. The summed E-state index contributed by atoms with van der Waals surface area (Å²) in [4.78, 5) is 2.36. The van der Waals surface area contributed by atoms with Crippen LogP contribution < -0.4 is 5.32 Å². The standard InChI is InChI=1S/C16H24F2N2O/c1-3-6-20-7-8-21-16(11-20)15(19-2)10-12-9-13(17)4-5-14(12)18/h4-5,9,15-16,19H,3,6-8,10-11H2,1-2H3. The van der Waals surface area contributed by atoms with Crippen molar-refractivity contribution in [3.63, 3.8) is 0 Å². The van der Waals surface area contributed by atoms with Crippen molar-refractivity contribution in [3.05, 3.63) is 35.4 Å². The third-order valence-corrected chi connectivity index (χ3v) is 3.98.